The lowest BCUT2D eigenvalue weighted by Gasteiger charge is -2.36. The quantitative estimate of drug-likeness (QED) is 0.692. The zero-order valence-electron chi connectivity index (χ0n) is 17.5. The first kappa shape index (κ1) is 20.6. The van der Waals surface area contributed by atoms with Crippen LogP contribution in [0.3, 0.4) is 0 Å². The zero-order chi connectivity index (χ0) is 21.4. The van der Waals surface area contributed by atoms with Crippen LogP contribution in [-0.4, -0.2) is 17.4 Å². The Balaban J connectivity index is 1.41. The molecule has 0 saturated heterocycles. The number of benzene rings is 2. The molecule has 5 heteroatoms. The number of carbonyl (C=O) groups excluding carboxylic acids is 2. The molecule has 2 unspecified atom stereocenters. The number of ether oxygens (including phenoxy) is 1. The number of halogens is 1. The van der Waals surface area contributed by atoms with Gasteiger partial charge in [-0.15, -0.1) is 0 Å². The molecule has 2 saturated carbocycles. The fourth-order valence-corrected chi connectivity index (χ4v) is 5.06. The molecule has 2 aliphatic rings. The number of rotatable bonds is 6. The molecule has 2 aliphatic carbocycles. The van der Waals surface area contributed by atoms with E-state index in [-0.39, 0.29) is 47.1 Å². The molecular formula is C25H28FNO3. The highest BCUT2D eigenvalue weighted by molar-refractivity contribution is 5.95. The van der Waals surface area contributed by atoms with Crippen LogP contribution in [0.4, 0.5) is 4.39 Å². The van der Waals surface area contributed by atoms with Gasteiger partial charge in [-0.25, -0.2) is 4.39 Å². The van der Waals surface area contributed by atoms with E-state index in [1.807, 2.05) is 30.3 Å². The standard InChI is InChI=1S/C25H28FNO3/c1-17-14-24(2,15-21(17)23(29)30-16-18-6-4-3-5-7-18)25(12-13-25)27-22(28)19-8-10-20(26)11-9-19/h3-11,17,21H,12-16H2,1-2H3,(H,27,28)/t17?,21-,24?/m0/s1. The van der Waals surface area contributed by atoms with Gasteiger partial charge in [0.05, 0.1) is 5.92 Å². The van der Waals surface area contributed by atoms with Gasteiger partial charge >= 0.3 is 5.97 Å². The van der Waals surface area contributed by atoms with Crippen LogP contribution in [0.15, 0.2) is 54.6 Å². The van der Waals surface area contributed by atoms with Gasteiger partial charge < -0.3 is 10.1 Å². The third-order valence-electron chi connectivity index (χ3n) is 7.02. The Morgan fingerprint density at radius 2 is 1.73 bits per heavy atom. The van der Waals surface area contributed by atoms with Crippen molar-refractivity contribution >= 4 is 11.9 Å². The molecule has 0 spiro atoms. The number of hydrogen-bond acceptors (Lipinski definition) is 3. The Morgan fingerprint density at radius 1 is 1.07 bits per heavy atom. The Morgan fingerprint density at radius 3 is 2.37 bits per heavy atom. The van der Waals surface area contributed by atoms with Crippen LogP contribution in [0.2, 0.25) is 0 Å². The van der Waals surface area contributed by atoms with E-state index in [1.165, 1.54) is 24.3 Å². The molecule has 4 nitrogen and oxygen atoms in total. The molecule has 0 heterocycles. The Hall–Kier alpha value is -2.69. The van der Waals surface area contributed by atoms with E-state index in [1.54, 1.807) is 0 Å². The average Bonchev–Trinajstić information content (AvgIpc) is 3.45. The van der Waals surface area contributed by atoms with Gasteiger partial charge in [0.25, 0.3) is 5.91 Å². The fraction of sp³-hybridized carbons (Fsp3) is 0.440. The predicted molar refractivity (Wildman–Crippen MR) is 112 cm³/mol. The van der Waals surface area contributed by atoms with Gasteiger partial charge in [-0.1, -0.05) is 44.2 Å². The molecule has 30 heavy (non-hydrogen) atoms. The summed E-state index contributed by atoms with van der Waals surface area (Å²) in [7, 11) is 0. The summed E-state index contributed by atoms with van der Waals surface area (Å²) < 4.78 is 18.8. The Kier molecular flexibility index (Phi) is 5.39. The maximum absolute atomic E-state index is 13.2. The van der Waals surface area contributed by atoms with E-state index in [4.69, 9.17) is 4.74 Å². The van der Waals surface area contributed by atoms with E-state index >= 15 is 0 Å². The van der Waals surface area contributed by atoms with Crippen LogP contribution in [0, 0.1) is 23.1 Å². The molecule has 0 aromatic heterocycles. The molecule has 1 N–H and O–H groups in total. The molecule has 0 radical (unpaired) electrons. The highest BCUT2D eigenvalue weighted by Gasteiger charge is 2.62. The van der Waals surface area contributed by atoms with Crippen molar-refractivity contribution < 1.29 is 18.7 Å². The van der Waals surface area contributed by atoms with Gasteiger partial charge in [-0.3, -0.25) is 9.59 Å². The van der Waals surface area contributed by atoms with Crippen molar-refractivity contribution in [3.63, 3.8) is 0 Å². The summed E-state index contributed by atoms with van der Waals surface area (Å²) in [4.78, 5) is 25.5. The van der Waals surface area contributed by atoms with E-state index in [9.17, 15) is 14.0 Å². The minimum atomic E-state index is -0.360. The molecule has 2 aromatic rings. The van der Waals surface area contributed by atoms with Crippen molar-refractivity contribution in [2.75, 3.05) is 0 Å². The first-order valence-corrected chi connectivity index (χ1v) is 10.6. The van der Waals surface area contributed by atoms with Gasteiger partial charge in [0, 0.05) is 11.1 Å². The number of esters is 1. The summed E-state index contributed by atoms with van der Waals surface area (Å²) in [5.41, 5.74) is 0.959. The van der Waals surface area contributed by atoms with Gasteiger partial charge in [0.15, 0.2) is 0 Å². The van der Waals surface area contributed by atoms with Crippen LogP contribution in [-0.2, 0) is 16.1 Å². The van der Waals surface area contributed by atoms with Crippen molar-refractivity contribution in [1.29, 1.82) is 0 Å². The molecule has 1 amide bonds. The maximum Gasteiger partial charge on any atom is 0.309 e. The van der Waals surface area contributed by atoms with Gasteiger partial charge in [-0.05, 0) is 66.8 Å². The van der Waals surface area contributed by atoms with Crippen LogP contribution < -0.4 is 5.32 Å². The zero-order valence-corrected chi connectivity index (χ0v) is 17.5. The molecule has 158 valence electrons. The summed E-state index contributed by atoms with van der Waals surface area (Å²) in [6.45, 7) is 4.55. The largest absolute Gasteiger partial charge is 0.461 e. The van der Waals surface area contributed by atoms with E-state index < -0.39 is 0 Å². The van der Waals surface area contributed by atoms with Gasteiger partial charge in [-0.2, -0.15) is 0 Å². The lowest BCUT2D eigenvalue weighted by molar-refractivity contribution is -0.151. The first-order valence-electron chi connectivity index (χ1n) is 10.6. The van der Waals surface area contributed by atoms with Crippen LogP contribution in [0.25, 0.3) is 0 Å². The van der Waals surface area contributed by atoms with Crippen LogP contribution in [0.1, 0.15) is 55.5 Å². The van der Waals surface area contributed by atoms with E-state index in [0.717, 1.165) is 24.8 Å². The summed E-state index contributed by atoms with van der Waals surface area (Å²) in [5.74, 6) is -0.675. The second kappa shape index (κ2) is 7.86. The topological polar surface area (TPSA) is 55.4 Å². The third kappa shape index (κ3) is 3.98. The normalized spacial score (nSPS) is 26.8. The van der Waals surface area contributed by atoms with E-state index in [2.05, 4.69) is 19.2 Å². The van der Waals surface area contributed by atoms with Gasteiger partial charge in [0.1, 0.15) is 12.4 Å². The van der Waals surface area contributed by atoms with Crippen molar-refractivity contribution in [2.45, 2.75) is 51.7 Å². The minimum absolute atomic E-state index is 0.157. The fourth-order valence-electron chi connectivity index (χ4n) is 5.06. The molecule has 3 atom stereocenters. The van der Waals surface area contributed by atoms with Crippen molar-refractivity contribution in [3.05, 3.63) is 71.5 Å². The molecular weight excluding hydrogens is 381 g/mol. The number of amides is 1. The second-order valence-electron chi connectivity index (χ2n) is 9.19. The number of nitrogens with one attached hydrogen (secondary N) is 1. The minimum Gasteiger partial charge on any atom is -0.461 e. The van der Waals surface area contributed by atoms with Crippen LogP contribution in [0.5, 0.6) is 0 Å². The monoisotopic (exact) mass is 409 g/mol. The SMILES string of the molecule is CC1CC(C)(C2(NC(=O)c3ccc(F)cc3)CC2)C[C@@H]1C(=O)OCc1ccccc1. The summed E-state index contributed by atoms with van der Waals surface area (Å²) in [6, 6.07) is 15.3. The maximum atomic E-state index is 13.2. The third-order valence-corrected chi connectivity index (χ3v) is 7.02. The number of carbonyl (C=O) groups is 2. The van der Waals surface area contributed by atoms with Gasteiger partial charge in [0.2, 0.25) is 0 Å². The lowest BCUT2D eigenvalue weighted by Crippen LogP contribution is -2.48. The number of hydrogen-bond donors (Lipinski definition) is 1. The predicted octanol–water partition coefficient (Wildman–Crippen LogP) is 4.88. The van der Waals surface area contributed by atoms with Crippen LogP contribution >= 0.6 is 0 Å². The molecule has 0 aliphatic heterocycles. The highest BCUT2D eigenvalue weighted by Crippen LogP contribution is 2.60. The molecule has 2 aromatic carbocycles. The Labute approximate surface area is 176 Å². The summed E-state index contributed by atoms with van der Waals surface area (Å²) >= 11 is 0. The first-order chi connectivity index (χ1) is 14.3. The lowest BCUT2D eigenvalue weighted by atomic mass is 9.77. The molecule has 4 rings (SSSR count). The van der Waals surface area contributed by atoms with E-state index in [0.29, 0.717) is 12.0 Å². The smallest absolute Gasteiger partial charge is 0.309 e. The summed E-state index contributed by atoms with van der Waals surface area (Å²) in [6.07, 6.45) is 3.36. The average molecular weight is 410 g/mol. The highest BCUT2D eigenvalue weighted by atomic mass is 19.1. The molecule has 2 fully saturated rings. The van der Waals surface area contributed by atoms with Crippen molar-refractivity contribution in [3.8, 4) is 0 Å². The summed E-state index contributed by atoms with van der Waals surface area (Å²) in [5, 5.41) is 3.21. The second-order valence-corrected chi connectivity index (χ2v) is 9.19. The van der Waals surface area contributed by atoms with Crippen molar-refractivity contribution in [1.82, 2.24) is 5.32 Å². The Bertz CT molecular complexity index is 923. The molecule has 0 bridgehead atoms. The van der Waals surface area contributed by atoms with Crippen molar-refractivity contribution in [2.24, 2.45) is 17.3 Å².